The molecule has 33 nitrogen and oxygen atoms in total. The number of methoxy groups -OCH3 is 2. The number of nitrogens with one attached hydrogen (secondary N) is 2. The number of nitrogen functional groups attached to an aromatic ring is 2. The molecule has 4 aliphatic rings. The van der Waals surface area contributed by atoms with Gasteiger partial charge in [0.25, 0.3) is 0 Å². The van der Waals surface area contributed by atoms with Crippen molar-refractivity contribution in [2.75, 3.05) is 56.1 Å². The van der Waals surface area contributed by atoms with E-state index in [1.54, 1.807) is 44.1 Å². The minimum absolute atomic E-state index is 0.0189. The van der Waals surface area contributed by atoms with Crippen molar-refractivity contribution in [3.8, 4) is 11.5 Å². The van der Waals surface area contributed by atoms with Crippen molar-refractivity contribution in [1.82, 2.24) is 78.1 Å². The fourth-order valence-corrected chi connectivity index (χ4v) is 16.1. The van der Waals surface area contributed by atoms with E-state index in [9.17, 15) is 30.6 Å². The lowest BCUT2D eigenvalue weighted by Crippen LogP contribution is -2.38. The first-order chi connectivity index (χ1) is 57.4. The van der Waals surface area contributed by atoms with E-state index in [1.165, 1.54) is 29.9 Å². The topological polar surface area (TPSA) is 447 Å². The molecule has 14 aromatic rings. The van der Waals surface area contributed by atoms with E-state index >= 15 is 0 Å². The summed E-state index contributed by atoms with van der Waals surface area (Å²) in [5, 5.41) is 76.7. The Morgan fingerprint density at radius 2 is 0.636 bits per heavy atom. The van der Waals surface area contributed by atoms with Gasteiger partial charge in [-0.05, 0) is 75.9 Å². The van der Waals surface area contributed by atoms with Crippen LogP contribution in [0.5, 0.6) is 11.5 Å². The van der Waals surface area contributed by atoms with Crippen LogP contribution in [0.3, 0.4) is 0 Å². The van der Waals surface area contributed by atoms with Gasteiger partial charge in [-0.25, -0.2) is 59.8 Å². The van der Waals surface area contributed by atoms with Crippen molar-refractivity contribution < 1.29 is 64.2 Å². The molecule has 13 N–H and O–H groups in total. The molecule has 0 spiro atoms. The maximum atomic E-state index is 10.7. The fraction of sp³-hybridized carbons (Fsp3) is 0.341. The number of nitrogens with two attached hydrogens (primary N) is 2. The molecule has 0 aliphatic carbocycles. The summed E-state index contributed by atoms with van der Waals surface area (Å²) in [4.78, 5) is 52.2. The second kappa shape index (κ2) is 35.0. The second-order valence-electron chi connectivity index (χ2n) is 29.5. The highest BCUT2D eigenvalue weighted by Gasteiger charge is 2.48. The zero-order chi connectivity index (χ0) is 82.5. The third kappa shape index (κ3) is 15.1. The first kappa shape index (κ1) is 81.0. The Morgan fingerprint density at radius 3 is 0.941 bits per heavy atom. The quantitative estimate of drug-likeness (QED) is 0.0320. The Balaban J connectivity index is 0.000000130. The van der Waals surface area contributed by atoms with E-state index in [-0.39, 0.29) is 67.4 Å². The van der Waals surface area contributed by atoms with Crippen molar-refractivity contribution >= 4 is 67.9 Å². The average molecular weight is 1600 g/mol. The smallest absolute Gasteiger partial charge is 0.167 e. The van der Waals surface area contributed by atoms with Crippen LogP contribution in [0.15, 0.2) is 220 Å². The van der Waals surface area contributed by atoms with Crippen LogP contribution in [0.1, 0.15) is 99.3 Å². The molecule has 8 unspecified atom stereocenters. The molecule has 0 saturated carbocycles. The molecule has 8 aromatic heterocycles. The molecule has 12 heterocycles. The number of benzene rings is 6. The van der Waals surface area contributed by atoms with Gasteiger partial charge in [0.2, 0.25) is 0 Å². The Labute approximate surface area is 678 Å². The summed E-state index contributed by atoms with van der Waals surface area (Å²) >= 11 is 0. The third-order valence-corrected chi connectivity index (χ3v) is 23.0. The fourth-order valence-electron chi connectivity index (χ4n) is 16.1. The Bertz CT molecular complexity index is 5240. The molecule has 16 atom stereocenters. The van der Waals surface area contributed by atoms with Crippen molar-refractivity contribution in [3.05, 3.63) is 254 Å². The molecular formula is C85H94N20O13. The van der Waals surface area contributed by atoms with Crippen LogP contribution >= 0.6 is 0 Å². The number of aliphatic hydroxyl groups is 7. The number of anilines is 4. The van der Waals surface area contributed by atoms with Gasteiger partial charge < -0.3 is 86.3 Å². The first-order valence-electron chi connectivity index (χ1n) is 38.8. The lowest BCUT2D eigenvalue weighted by atomic mass is 9.77. The normalized spacial score (nSPS) is 24.3. The molecule has 4 aliphatic heterocycles. The molecule has 33 heteroatoms. The number of hydrogen-bond donors (Lipinski definition) is 11. The molecule has 6 aromatic carbocycles. The molecule has 118 heavy (non-hydrogen) atoms. The summed E-state index contributed by atoms with van der Waals surface area (Å²) in [5.41, 5.74) is 20.2. The molecule has 0 amide bonds. The summed E-state index contributed by atoms with van der Waals surface area (Å²) in [6.07, 6.45) is 4.34. The summed E-state index contributed by atoms with van der Waals surface area (Å²) < 4.78 is 41.4. The number of hydrogen-bond acceptors (Lipinski definition) is 29. The van der Waals surface area contributed by atoms with Crippen molar-refractivity contribution in [2.24, 2.45) is 23.7 Å². The number of aliphatic hydroxyl groups excluding tert-OH is 7. The van der Waals surface area contributed by atoms with Gasteiger partial charge in [-0.3, -0.25) is 18.3 Å². The van der Waals surface area contributed by atoms with Gasteiger partial charge in [0.05, 0.1) is 77.7 Å². The molecular weight excluding hydrogens is 1510 g/mol. The van der Waals surface area contributed by atoms with E-state index in [0.29, 0.717) is 68.5 Å². The lowest BCUT2D eigenvalue weighted by molar-refractivity contribution is -0.0511. The predicted molar refractivity (Wildman–Crippen MR) is 437 cm³/mol. The lowest BCUT2D eigenvalue weighted by Gasteiger charge is -2.37. The highest BCUT2D eigenvalue weighted by atomic mass is 16.6. The van der Waals surface area contributed by atoms with E-state index in [2.05, 4.69) is 149 Å². The Morgan fingerprint density at radius 1 is 0.347 bits per heavy atom. The molecule has 4 saturated heterocycles. The van der Waals surface area contributed by atoms with E-state index in [0.717, 1.165) is 44.9 Å². The van der Waals surface area contributed by atoms with Crippen LogP contribution in [0.2, 0.25) is 0 Å². The summed E-state index contributed by atoms with van der Waals surface area (Å²) in [7, 11) is 3.32. The number of fused-ring (bicyclic) bond motifs is 4. The highest BCUT2D eigenvalue weighted by molar-refractivity contribution is 5.86. The summed E-state index contributed by atoms with van der Waals surface area (Å²) in [6.45, 7) is 9.94. The standard InChI is InChI=1S/C32H33N5O3.C31H31N5O4.C12H17N5O2.C10H13N5O4/c1-21-22(2)31(40-27(21)18-38)37-20-35-28-29(33-19-34-30(28)37)36-32(23-10-6-4-7-11-23,24-12-8-5-9-13-24)25-14-16-26(39-3)17-15-25;1-3-24-26(37)27(38)30(40-24)36-19-34-25-28(32-18-33-29(25)36)35-31(20-10-6-4-7-11-20,21-12-8-5-9-13-21)22-14-16-23(39-2)17-15-22;1-6-7(2)12(19-8(6)3-18)17-5-16-9-10(13)14-4-15-11(9)17;11-8-5-9(13-2-12-8)15(3-14-5)10-7(18)6(17)4(1-16)19-10/h4-17,19-22,27,31,38H,18H2,1-3H3,(H,33,34,36);4-19,24,26-27,30,37-38H,3H2,1-2H3,(H,32,33,35);4-8,12,18H,3H2,1-2H3,(H2,13,14,15);2-4,6-7,10,16-18H,1H2,(H2,11,12,13)/t21?,22?,27-,31-;24-,26?,27?,30-;6?,7?,8-,12-;4-,6?,7?,10-/m1111/s1. The molecule has 0 radical (unpaired) electrons. The largest absolute Gasteiger partial charge is 0.497 e. The third-order valence-electron chi connectivity index (χ3n) is 23.0. The predicted octanol–water partition coefficient (Wildman–Crippen LogP) is 8.26. The van der Waals surface area contributed by atoms with Crippen LogP contribution in [-0.4, -0.2) is 197 Å². The van der Waals surface area contributed by atoms with Gasteiger partial charge >= 0.3 is 0 Å². The highest BCUT2D eigenvalue weighted by Crippen LogP contribution is 2.47. The van der Waals surface area contributed by atoms with Crippen LogP contribution < -0.4 is 31.6 Å². The van der Waals surface area contributed by atoms with Gasteiger partial charge in [-0.2, -0.15) is 0 Å². The van der Waals surface area contributed by atoms with Crippen molar-refractivity contribution in [3.63, 3.8) is 0 Å². The van der Waals surface area contributed by atoms with E-state index in [4.69, 9.17) is 55.0 Å². The maximum absolute atomic E-state index is 10.7. The van der Waals surface area contributed by atoms with Crippen LogP contribution in [0.4, 0.5) is 23.3 Å². The van der Waals surface area contributed by atoms with Gasteiger partial charge in [0, 0.05) is 11.8 Å². The van der Waals surface area contributed by atoms with Gasteiger partial charge in [0.1, 0.15) is 102 Å². The zero-order valence-corrected chi connectivity index (χ0v) is 65.7. The Hall–Kier alpha value is -12.1. The minimum atomic E-state index is -1.19. The zero-order valence-electron chi connectivity index (χ0n) is 65.7. The molecule has 18 rings (SSSR count). The number of aromatic nitrogens is 16. The monoisotopic (exact) mass is 1600 g/mol. The Kier molecular flexibility index (Phi) is 24.0. The van der Waals surface area contributed by atoms with E-state index < -0.39 is 66.8 Å². The molecule has 612 valence electrons. The summed E-state index contributed by atoms with van der Waals surface area (Å²) in [6, 6.07) is 57.1. The number of nitrogens with zero attached hydrogens (tertiary/aromatic N) is 16. The second-order valence-corrected chi connectivity index (χ2v) is 29.5. The van der Waals surface area contributed by atoms with Crippen molar-refractivity contribution in [2.45, 2.75) is 126 Å². The van der Waals surface area contributed by atoms with E-state index in [1.807, 2.05) is 125 Å². The molecule has 0 bridgehead atoms. The van der Waals surface area contributed by atoms with Gasteiger partial charge in [-0.1, -0.05) is 180 Å². The first-order valence-corrected chi connectivity index (χ1v) is 38.8. The van der Waals surface area contributed by atoms with Crippen LogP contribution in [0, 0.1) is 23.7 Å². The number of imidazole rings is 4. The van der Waals surface area contributed by atoms with Gasteiger partial charge in [-0.15, -0.1) is 0 Å². The SMILES string of the molecule is CC1C(C)[C@@H](CO)O[C@H]1n1cnc2c(N)ncnc21.CC[C@H]1O[C@@H](n2cnc3c(NC(c4ccccc4)(c4ccccc4)c4ccc(OC)cc4)ncnc32)C(O)C1O.COc1ccc(C(Nc2ncnc3c2ncn3[C@@H]2O[C@H](CO)C(C)C2C)(c2ccccc2)c2ccccc2)cc1.Nc1ncnc2c1ncn2[C@@H]1O[C@H](CO)C(O)C1O. The number of rotatable bonds is 20. The number of ether oxygens (including phenoxy) is 6. The van der Waals surface area contributed by atoms with Gasteiger partial charge in [0.15, 0.2) is 69.3 Å². The minimum Gasteiger partial charge on any atom is -0.497 e. The van der Waals surface area contributed by atoms with Crippen molar-refractivity contribution in [1.29, 1.82) is 0 Å². The summed E-state index contributed by atoms with van der Waals surface area (Å²) in [5.74, 6) is 4.12. The van der Waals surface area contributed by atoms with Crippen LogP contribution in [0.25, 0.3) is 44.7 Å². The maximum Gasteiger partial charge on any atom is 0.167 e. The average Bonchev–Trinajstić information content (AvgIpc) is 0.891. The molecule has 4 fully saturated rings. The van der Waals surface area contributed by atoms with Crippen LogP contribution in [-0.2, 0) is 30.0 Å².